The Morgan fingerprint density at radius 1 is 1.14 bits per heavy atom. The standard InChI is InChI=1S/C8H21O3PSSi/c1-6-10-12(9,11-7-2)13-8-14(3,4)5/h6-8H2,1-5H3. The van der Waals surface area contributed by atoms with Gasteiger partial charge in [-0.2, -0.15) is 0 Å². The zero-order chi connectivity index (χ0) is 11.2. The molecular weight excluding hydrogens is 235 g/mol. The third-order valence-electron chi connectivity index (χ3n) is 1.23. The summed E-state index contributed by atoms with van der Waals surface area (Å²) < 4.78 is 22.4. The molecule has 0 aliphatic carbocycles. The van der Waals surface area contributed by atoms with Crippen LogP contribution in [0, 0.1) is 0 Å². The lowest BCUT2D eigenvalue weighted by molar-refractivity contribution is 0.237. The average molecular weight is 256 g/mol. The lowest BCUT2D eigenvalue weighted by Crippen LogP contribution is -2.23. The van der Waals surface area contributed by atoms with Gasteiger partial charge in [0.25, 0.3) is 0 Å². The van der Waals surface area contributed by atoms with Crippen LogP contribution in [0.4, 0.5) is 0 Å². The molecule has 0 aliphatic rings. The van der Waals surface area contributed by atoms with Crippen molar-refractivity contribution in [1.29, 1.82) is 0 Å². The van der Waals surface area contributed by atoms with Gasteiger partial charge >= 0.3 is 6.80 Å². The van der Waals surface area contributed by atoms with Crippen molar-refractivity contribution in [3.8, 4) is 0 Å². The summed E-state index contributed by atoms with van der Waals surface area (Å²) in [5.41, 5.74) is 0. The zero-order valence-electron chi connectivity index (χ0n) is 9.70. The van der Waals surface area contributed by atoms with Crippen LogP contribution in [0.2, 0.25) is 19.6 Å². The van der Waals surface area contributed by atoms with Crippen molar-refractivity contribution >= 4 is 26.3 Å². The van der Waals surface area contributed by atoms with Crippen molar-refractivity contribution < 1.29 is 13.6 Å². The molecule has 0 amide bonds. The Morgan fingerprint density at radius 3 is 1.86 bits per heavy atom. The Hall–Kier alpha value is 0.717. The van der Waals surface area contributed by atoms with E-state index in [1.54, 1.807) is 0 Å². The predicted molar refractivity (Wildman–Crippen MR) is 66.7 cm³/mol. The van der Waals surface area contributed by atoms with E-state index in [1.807, 2.05) is 13.8 Å². The van der Waals surface area contributed by atoms with E-state index in [4.69, 9.17) is 9.05 Å². The first kappa shape index (κ1) is 14.7. The van der Waals surface area contributed by atoms with Gasteiger partial charge in [-0.05, 0) is 30.6 Å². The maximum Gasteiger partial charge on any atom is 0.388 e. The fourth-order valence-electron chi connectivity index (χ4n) is 0.701. The van der Waals surface area contributed by atoms with E-state index in [0.29, 0.717) is 13.2 Å². The third kappa shape index (κ3) is 7.07. The average Bonchev–Trinajstić information content (AvgIpc) is 2.01. The Bertz CT molecular complexity index is 195. The molecule has 0 radical (unpaired) electrons. The third-order valence-corrected chi connectivity index (χ3v) is 9.42. The lowest BCUT2D eigenvalue weighted by atomic mass is 10.9. The van der Waals surface area contributed by atoms with Crippen molar-refractivity contribution in [3.05, 3.63) is 0 Å². The van der Waals surface area contributed by atoms with Gasteiger partial charge in [-0.1, -0.05) is 19.6 Å². The van der Waals surface area contributed by atoms with Gasteiger partial charge in [0.15, 0.2) is 0 Å². The van der Waals surface area contributed by atoms with E-state index in [0.717, 1.165) is 5.38 Å². The van der Waals surface area contributed by atoms with Crippen LogP contribution in [0.1, 0.15) is 13.8 Å². The molecule has 14 heavy (non-hydrogen) atoms. The van der Waals surface area contributed by atoms with E-state index in [9.17, 15) is 4.57 Å². The molecule has 0 saturated carbocycles. The van der Waals surface area contributed by atoms with Gasteiger partial charge in [0.2, 0.25) is 0 Å². The summed E-state index contributed by atoms with van der Waals surface area (Å²) in [6.07, 6.45) is 0. The molecule has 86 valence electrons. The van der Waals surface area contributed by atoms with Crippen molar-refractivity contribution in [2.75, 3.05) is 18.6 Å². The molecule has 0 aromatic heterocycles. The first-order valence-corrected chi connectivity index (χ1v) is 11.7. The highest BCUT2D eigenvalue weighted by Gasteiger charge is 2.27. The van der Waals surface area contributed by atoms with Gasteiger partial charge in [-0.15, -0.1) is 0 Å². The van der Waals surface area contributed by atoms with Crippen molar-refractivity contribution in [2.24, 2.45) is 0 Å². The largest absolute Gasteiger partial charge is 0.388 e. The Morgan fingerprint density at radius 2 is 1.57 bits per heavy atom. The maximum atomic E-state index is 12.0. The van der Waals surface area contributed by atoms with Crippen LogP contribution in [0.5, 0.6) is 0 Å². The smallest absolute Gasteiger partial charge is 0.301 e. The topological polar surface area (TPSA) is 35.5 Å². The Kier molecular flexibility index (Phi) is 6.66. The molecule has 0 aromatic carbocycles. The minimum Gasteiger partial charge on any atom is -0.301 e. The molecule has 0 atom stereocenters. The SMILES string of the molecule is CCOP(=O)(OCC)SC[Si](C)(C)C. The summed E-state index contributed by atoms with van der Waals surface area (Å²) in [6.45, 7) is 8.40. The van der Waals surface area contributed by atoms with Gasteiger partial charge in [-0.3, -0.25) is 0 Å². The van der Waals surface area contributed by atoms with E-state index in [-0.39, 0.29) is 0 Å². The van der Waals surface area contributed by atoms with Crippen LogP contribution in [-0.4, -0.2) is 26.7 Å². The molecule has 0 fully saturated rings. The molecule has 3 nitrogen and oxygen atoms in total. The van der Waals surface area contributed by atoms with Crippen molar-refractivity contribution in [3.63, 3.8) is 0 Å². The van der Waals surface area contributed by atoms with Crippen LogP contribution in [0.15, 0.2) is 0 Å². The Balaban J connectivity index is 4.16. The first-order valence-electron chi connectivity index (χ1n) is 4.86. The summed E-state index contributed by atoms with van der Waals surface area (Å²) >= 11 is 1.35. The van der Waals surface area contributed by atoms with E-state index in [2.05, 4.69) is 19.6 Å². The van der Waals surface area contributed by atoms with Crippen molar-refractivity contribution in [2.45, 2.75) is 33.5 Å². The van der Waals surface area contributed by atoms with Gasteiger partial charge < -0.3 is 9.05 Å². The molecule has 6 heteroatoms. The molecule has 0 rings (SSSR count). The molecule has 0 heterocycles. The van der Waals surface area contributed by atoms with Gasteiger partial charge in [-0.25, -0.2) is 4.57 Å². The maximum absolute atomic E-state index is 12.0. The van der Waals surface area contributed by atoms with E-state index >= 15 is 0 Å². The molecule has 0 spiro atoms. The quantitative estimate of drug-likeness (QED) is 0.513. The highest BCUT2D eigenvalue weighted by Crippen LogP contribution is 2.60. The fraction of sp³-hybridized carbons (Fsp3) is 1.00. The second-order valence-electron chi connectivity index (χ2n) is 4.12. The zero-order valence-corrected chi connectivity index (χ0v) is 12.4. The second kappa shape index (κ2) is 6.33. The molecule has 0 N–H and O–H groups in total. The number of hydrogen-bond acceptors (Lipinski definition) is 4. The minimum atomic E-state index is -2.86. The predicted octanol–water partition coefficient (Wildman–Crippen LogP) is 3.78. The first-order chi connectivity index (χ1) is 6.33. The summed E-state index contributed by atoms with van der Waals surface area (Å²) in [5, 5.41) is 0.907. The fourth-order valence-corrected chi connectivity index (χ4v) is 9.73. The highest BCUT2D eigenvalue weighted by atomic mass is 32.7. The lowest BCUT2D eigenvalue weighted by Gasteiger charge is -2.20. The molecular formula is C8H21O3PSSi. The van der Waals surface area contributed by atoms with Gasteiger partial charge in [0.1, 0.15) is 0 Å². The van der Waals surface area contributed by atoms with E-state index < -0.39 is 14.9 Å². The number of hydrogen-bond donors (Lipinski definition) is 0. The minimum absolute atomic E-state index is 0.440. The van der Waals surface area contributed by atoms with Crippen LogP contribution in [-0.2, 0) is 13.6 Å². The summed E-state index contributed by atoms with van der Waals surface area (Å²) in [7, 11) is -1.19. The summed E-state index contributed by atoms with van der Waals surface area (Å²) in [4.78, 5) is 0. The van der Waals surface area contributed by atoms with Crippen LogP contribution in [0.3, 0.4) is 0 Å². The van der Waals surface area contributed by atoms with Crippen LogP contribution >= 0.6 is 18.2 Å². The summed E-state index contributed by atoms with van der Waals surface area (Å²) in [6, 6.07) is 0. The Labute approximate surface area is 92.2 Å². The number of rotatable bonds is 7. The van der Waals surface area contributed by atoms with Crippen molar-refractivity contribution in [1.82, 2.24) is 0 Å². The molecule has 0 unspecified atom stereocenters. The normalized spacial score (nSPS) is 13.2. The summed E-state index contributed by atoms with van der Waals surface area (Å²) in [5.74, 6) is 0. The highest BCUT2D eigenvalue weighted by molar-refractivity contribution is 8.55. The monoisotopic (exact) mass is 256 g/mol. The molecule has 0 aromatic rings. The van der Waals surface area contributed by atoms with Gasteiger partial charge in [0.05, 0.1) is 21.3 Å². The molecule has 0 bridgehead atoms. The van der Waals surface area contributed by atoms with Crippen LogP contribution < -0.4 is 0 Å². The second-order valence-corrected chi connectivity index (χ2v) is 14.2. The van der Waals surface area contributed by atoms with E-state index in [1.165, 1.54) is 11.4 Å². The van der Waals surface area contributed by atoms with Gasteiger partial charge in [0, 0.05) is 0 Å². The molecule has 0 saturated heterocycles. The molecule has 0 aliphatic heterocycles. The van der Waals surface area contributed by atoms with Crippen LogP contribution in [0.25, 0.3) is 0 Å².